The summed E-state index contributed by atoms with van der Waals surface area (Å²) < 4.78 is 50.2. The van der Waals surface area contributed by atoms with Crippen LogP contribution in [0.15, 0.2) is 18.2 Å². The van der Waals surface area contributed by atoms with Gasteiger partial charge in [0.25, 0.3) is 0 Å². The summed E-state index contributed by atoms with van der Waals surface area (Å²) in [6.07, 6.45) is -4.78. The molecule has 0 bridgehead atoms. The Kier molecular flexibility index (Phi) is 3.32. The Morgan fingerprint density at radius 2 is 1.94 bits per heavy atom. The van der Waals surface area contributed by atoms with E-state index >= 15 is 0 Å². The maximum atomic E-state index is 12.7. The number of halogens is 4. The second kappa shape index (κ2) is 4.21. The number of benzene rings is 1. The van der Waals surface area contributed by atoms with Gasteiger partial charge in [-0.3, -0.25) is 4.79 Å². The van der Waals surface area contributed by atoms with Crippen molar-refractivity contribution < 1.29 is 22.4 Å². The maximum Gasteiger partial charge on any atom is 0.417 e. The molecule has 0 saturated heterocycles. The Labute approximate surface area is 89.1 Å². The monoisotopic (exact) mass is 235 g/mol. The Morgan fingerprint density at radius 1 is 1.38 bits per heavy atom. The van der Waals surface area contributed by atoms with Crippen LogP contribution in [0.1, 0.15) is 22.8 Å². The minimum absolute atomic E-state index is 0.287. The van der Waals surface area contributed by atoms with Crippen LogP contribution < -0.4 is 5.73 Å². The zero-order valence-electron chi connectivity index (χ0n) is 8.31. The molecule has 1 atom stereocenters. The highest BCUT2D eigenvalue weighted by Gasteiger charge is 2.36. The van der Waals surface area contributed by atoms with Gasteiger partial charge < -0.3 is 5.73 Å². The fraction of sp³-hybridized carbons (Fsp3) is 0.300. The first kappa shape index (κ1) is 12.6. The maximum absolute atomic E-state index is 12.7. The summed E-state index contributed by atoms with van der Waals surface area (Å²) in [4.78, 5) is 11.4. The molecule has 16 heavy (non-hydrogen) atoms. The minimum Gasteiger partial charge on any atom is -0.321 e. The van der Waals surface area contributed by atoms with Gasteiger partial charge >= 0.3 is 6.18 Å². The van der Waals surface area contributed by atoms with Gasteiger partial charge in [-0.1, -0.05) is 0 Å². The molecule has 1 aromatic carbocycles. The predicted octanol–water partition coefficient (Wildman–Crippen LogP) is 2.37. The summed E-state index contributed by atoms with van der Waals surface area (Å²) in [6, 6.07) is 0.816. The molecule has 2 N–H and O–H groups in total. The van der Waals surface area contributed by atoms with Crippen molar-refractivity contribution in [3.8, 4) is 0 Å². The SMILES string of the molecule is CC(N)C(=O)c1ccc(F)cc1C(F)(F)F. The van der Waals surface area contributed by atoms with E-state index in [0.717, 1.165) is 12.1 Å². The molecular weight excluding hydrogens is 226 g/mol. The summed E-state index contributed by atoms with van der Waals surface area (Å²) >= 11 is 0. The molecule has 0 radical (unpaired) electrons. The van der Waals surface area contributed by atoms with Gasteiger partial charge in [0.1, 0.15) is 5.82 Å². The molecular formula is C10H9F4NO. The van der Waals surface area contributed by atoms with E-state index in [2.05, 4.69) is 0 Å². The van der Waals surface area contributed by atoms with Crippen LogP contribution in [-0.4, -0.2) is 11.8 Å². The summed E-state index contributed by atoms with van der Waals surface area (Å²) in [5.41, 5.74) is 3.30. The van der Waals surface area contributed by atoms with Crippen LogP contribution in [-0.2, 0) is 6.18 Å². The van der Waals surface area contributed by atoms with Gasteiger partial charge in [-0.05, 0) is 25.1 Å². The van der Waals surface area contributed by atoms with E-state index in [-0.39, 0.29) is 6.07 Å². The zero-order chi connectivity index (χ0) is 12.5. The lowest BCUT2D eigenvalue weighted by Crippen LogP contribution is -2.28. The summed E-state index contributed by atoms with van der Waals surface area (Å²) in [5.74, 6) is -1.92. The quantitative estimate of drug-likeness (QED) is 0.631. The lowest BCUT2D eigenvalue weighted by Gasteiger charge is -2.13. The van der Waals surface area contributed by atoms with Crippen LogP contribution in [0.4, 0.5) is 17.6 Å². The molecule has 1 rings (SSSR count). The zero-order valence-corrected chi connectivity index (χ0v) is 8.31. The van der Waals surface area contributed by atoms with Gasteiger partial charge in [0.2, 0.25) is 0 Å². The van der Waals surface area contributed by atoms with Gasteiger partial charge in [0.15, 0.2) is 5.78 Å². The standard InChI is InChI=1S/C10H9F4NO/c1-5(15)9(16)7-3-2-6(11)4-8(7)10(12,13)14/h2-5H,15H2,1H3. The molecule has 2 nitrogen and oxygen atoms in total. The largest absolute Gasteiger partial charge is 0.417 e. The fourth-order valence-corrected chi connectivity index (χ4v) is 1.21. The summed E-state index contributed by atoms with van der Waals surface area (Å²) in [6.45, 7) is 1.27. The topological polar surface area (TPSA) is 43.1 Å². The molecule has 0 amide bonds. The van der Waals surface area contributed by atoms with Crippen molar-refractivity contribution in [1.82, 2.24) is 0 Å². The average molecular weight is 235 g/mol. The molecule has 0 saturated carbocycles. The number of hydrogen-bond acceptors (Lipinski definition) is 2. The highest BCUT2D eigenvalue weighted by Crippen LogP contribution is 2.32. The molecule has 0 fully saturated rings. The van der Waals surface area contributed by atoms with Crippen molar-refractivity contribution in [2.75, 3.05) is 0 Å². The van der Waals surface area contributed by atoms with Crippen molar-refractivity contribution in [2.24, 2.45) is 5.73 Å². The first-order valence-electron chi connectivity index (χ1n) is 4.40. The molecule has 0 aliphatic heterocycles. The lowest BCUT2D eigenvalue weighted by molar-refractivity contribution is -0.138. The highest BCUT2D eigenvalue weighted by atomic mass is 19.4. The highest BCUT2D eigenvalue weighted by molar-refractivity contribution is 6.01. The second-order valence-corrected chi connectivity index (χ2v) is 3.34. The van der Waals surface area contributed by atoms with Gasteiger partial charge in [0, 0.05) is 5.56 Å². The van der Waals surface area contributed by atoms with E-state index in [1.54, 1.807) is 0 Å². The van der Waals surface area contributed by atoms with Crippen molar-refractivity contribution >= 4 is 5.78 Å². The fourth-order valence-electron chi connectivity index (χ4n) is 1.21. The third-order valence-corrected chi connectivity index (χ3v) is 1.97. The van der Waals surface area contributed by atoms with Crippen molar-refractivity contribution in [3.63, 3.8) is 0 Å². The normalized spacial score (nSPS) is 13.6. The molecule has 1 aromatic rings. The first-order valence-corrected chi connectivity index (χ1v) is 4.40. The van der Waals surface area contributed by atoms with Gasteiger partial charge in [-0.25, -0.2) is 4.39 Å². The Morgan fingerprint density at radius 3 is 2.38 bits per heavy atom. The number of ketones is 1. The Hall–Kier alpha value is -1.43. The minimum atomic E-state index is -4.78. The number of alkyl halides is 3. The van der Waals surface area contributed by atoms with Crippen molar-refractivity contribution in [1.29, 1.82) is 0 Å². The van der Waals surface area contributed by atoms with E-state index in [9.17, 15) is 22.4 Å². The molecule has 0 spiro atoms. The van der Waals surface area contributed by atoms with E-state index in [1.807, 2.05) is 0 Å². The van der Waals surface area contributed by atoms with Crippen LogP contribution in [0.5, 0.6) is 0 Å². The number of Topliss-reactive ketones (excluding diaryl/α,β-unsaturated/α-hetero) is 1. The molecule has 88 valence electrons. The average Bonchev–Trinajstić information content (AvgIpc) is 2.15. The molecule has 6 heteroatoms. The van der Waals surface area contributed by atoms with Crippen molar-refractivity contribution in [3.05, 3.63) is 35.1 Å². The van der Waals surface area contributed by atoms with Crippen LogP contribution >= 0.6 is 0 Å². The first-order chi connectivity index (χ1) is 7.23. The number of carbonyl (C=O) groups excluding carboxylic acids is 1. The summed E-state index contributed by atoms with van der Waals surface area (Å²) in [7, 11) is 0. The lowest BCUT2D eigenvalue weighted by atomic mass is 9.99. The number of nitrogens with two attached hydrogens (primary N) is 1. The van der Waals surface area contributed by atoms with Crippen LogP contribution in [0.3, 0.4) is 0 Å². The van der Waals surface area contributed by atoms with Crippen LogP contribution in [0.25, 0.3) is 0 Å². The van der Waals surface area contributed by atoms with E-state index in [4.69, 9.17) is 5.73 Å². The number of hydrogen-bond donors (Lipinski definition) is 1. The Bertz CT molecular complexity index is 412. The molecule has 1 unspecified atom stereocenters. The molecule has 0 aliphatic carbocycles. The third kappa shape index (κ3) is 2.57. The molecule has 0 aromatic heterocycles. The van der Waals surface area contributed by atoms with E-state index in [0.29, 0.717) is 0 Å². The molecule has 0 aliphatic rings. The summed E-state index contributed by atoms with van der Waals surface area (Å²) in [5, 5.41) is 0. The van der Waals surface area contributed by atoms with E-state index < -0.39 is 34.9 Å². The third-order valence-electron chi connectivity index (χ3n) is 1.97. The predicted molar refractivity (Wildman–Crippen MR) is 49.4 cm³/mol. The van der Waals surface area contributed by atoms with Crippen LogP contribution in [0.2, 0.25) is 0 Å². The van der Waals surface area contributed by atoms with Gasteiger partial charge in [-0.15, -0.1) is 0 Å². The molecule has 0 heterocycles. The second-order valence-electron chi connectivity index (χ2n) is 3.34. The Balaban J connectivity index is 3.34. The van der Waals surface area contributed by atoms with E-state index in [1.165, 1.54) is 6.92 Å². The van der Waals surface area contributed by atoms with Gasteiger partial charge in [-0.2, -0.15) is 13.2 Å². The van der Waals surface area contributed by atoms with Crippen LogP contribution in [0, 0.1) is 5.82 Å². The van der Waals surface area contributed by atoms with Crippen molar-refractivity contribution in [2.45, 2.75) is 19.1 Å². The smallest absolute Gasteiger partial charge is 0.321 e. The van der Waals surface area contributed by atoms with Gasteiger partial charge in [0.05, 0.1) is 11.6 Å². The number of rotatable bonds is 2. The number of carbonyl (C=O) groups is 1.